The van der Waals surface area contributed by atoms with E-state index in [1.165, 1.54) is 12.1 Å². The SMILES string of the molecule is CS(=O)(=O)Nc1ccccc1-c1cccc(-n2cnc3cc(C(=O)O)ccc32)c1. The zero-order chi connectivity index (χ0) is 20.6. The minimum atomic E-state index is -3.41. The highest BCUT2D eigenvalue weighted by Crippen LogP contribution is 2.30. The number of sulfonamides is 1. The molecule has 0 saturated carbocycles. The Morgan fingerprint density at radius 1 is 1.03 bits per heavy atom. The molecule has 0 amide bonds. The van der Waals surface area contributed by atoms with Gasteiger partial charge >= 0.3 is 5.97 Å². The van der Waals surface area contributed by atoms with Gasteiger partial charge in [-0.1, -0.05) is 30.3 Å². The molecule has 8 heteroatoms. The molecule has 7 nitrogen and oxygen atoms in total. The molecule has 1 heterocycles. The number of para-hydroxylation sites is 1. The summed E-state index contributed by atoms with van der Waals surface area (Å²) >= 11 is 0. The van der Waals surface area contributed by atoms with Crippen LogP contribution in [0.5, 0.6) is 0 Å². The number of carboxylic acid groups (broad SMARTS) is 1. The van der Waals surface area contributed by atoms with E-state index in [2.05, 4.69) is 9.71 Å². The fraction of sp³-hybridized carbons (Fsp3) is 0.0476. The van der Waals surface area contributed by atoms with Crippen molar-refractivity contribution in [3.8, 4) is 16.8 Å². The number of benzene rings is 3. The number of carbonyl (C=O) groups is 1. The van der Waals surface area contributed by atoms with Crippen LogP contribution < -0.4 is 4.72 Å². The third kappa shape index (κ3) is 3.83. The molecule has 0 bridgehead atoms. The van der Waals surface area contributed by atoms with E-state index >= 15 is 0 Å². The quantitative estimate of drug-likeness (QED) is 0.524. The Kier molecular flexibility index (Phi) is 4.56. The molecular formula is C21H17N3O4S. The van der Waals surface area contributed by atoms with E-state index in [-0.39, 0.29) is 5.56 Å². The van der Waals surface area contributed by atoms with Crippen LogP contribution in [0.1, 0.15) is 10.4 Å². The second-order valence-corrected chi connectivity index (χ2v) is 8.34. The smallest absolute Gasteiger partial charge is 0.335 e. The number of hydrogen-bond donors (Lipinski definition) is 2. The molecule has 3 aromatic carbocycles. The standard InChI is InChI=1S/C21H17N3O4S/c1-29(27,28)23-18-8-3-2-7-17(18)14-5-4-6-16(11-14)24-13-22-19-12-15(21(25)26)9-10-20(19)24/h2-13,23H,1H3,(H,25,26). The topological polar surface area (TPSA) is 101 Å². The van der Waals surface area contributed by atoms with Crippen molar-refractivity contribution in [1.82, 2.24) is 9.55 Å². The number of imidazole rings is 1. The van der Waals surface area contributed by atoms with Crippen molar-refractivity contribution in [2.45, 2.75) is 0 Å². The fourth-order valence-electron chi connectivity index (χ4n) is 3.20. The van der Waals surface area contributed by atoms with Crippen LogP contribution in [-0.4, -0.2) is 35.3 Å². The summed E-state index contributed by atoms with van der Waals surface area (Å²) in [6.45, 7) is 0. The first-order valence-corrected chi connectivity index (χ1v) is 10.6. The zero-order valence-electron chi connectivity index (χ0n) is 15.4. The van der Waals surface area contributed by atoms with E-state index in [4.69, 9.17) is 5.11 Å². The molecule has 0 aliphatic heterocycles. The van der Waals surface area contributed by atoms with E-state index in [9.17, 15) is 13.2 Å². The second kappa shape index (κ2) is 7.06. The van der Waals surface area contributed by atoms with E-state index in [0.29, 0.717) is 11.2 Å². The third-order valence-electron chi connectivity index (χ3n) is 4.45. The highest BCUT2D eigenvalue weighted by atomic mass is 32.2. The van der Waals surface area contributed by atoms with Crippen molar-refractivity contribution in [2.24, 2.45) is 0 Å². The fourth-order valence-corrected chi connectivity index (χ4v) is 3.78. The average Bonchev–Trinajstić information content (AvgIpc) is 3.10. The predicted molar refractivity (Wildman–Crippen MR) is 112 cm³/mol. The van der Waals surface area contributed by atoms with E-state index in [1.807, 2.05) is 41.0 Å². The number of nitrogens with zero attached hydrogens (tertiary/aromatic N) is 2. The minimum absolute atomic E-state index is 0.178. The lowest BCUT2D eigenvalue weighted by molar-refractivity contribution is 0.0697. The molecule has 0 fully saturated rings. The molecule has 0 aliphatic rings. The van der Waals surface area contributed by atoms with Gasteiger partial charge in [-0.05, 0) is 42.0 Å². The van der Waals surface area contributed by atoms with Gasteiger partial charge in [0, 0.05) is 11.3 Å². The molecule has 29 heavy (non-hydrogen) atoms. The second-order valence-electron chi connectivity index (χ2n) is 6.59. The lowest BCUT2D eigenvalue weighted by Crippen LogP contribution is -2.10. The first-order chi connectivity index (χ1) is 13.8. The van der Waals surface area contributed by atoms with Crippen molar-refractivity contribution >= 4 is 32.7 Å². The Bertz CT molecular complexity index is 1340. The Morgan fingerprint density at radius 2 is 1.83 bits per heavy atom. The van der Waals surface area contributed by atoms with Crippen LogP contribution in [-0.2, 0) is 10.0 Å². The van der Waals surface area contributed by atoms with Crippen LogP contribution in [0, 0.1) is 0 Å². The molecule has 0 spiro atoms. The molecule has 2 N–H and O–H groups in total. The minimum Gasteiger partial charge on any atom is -0.478 e. The van der Waals surface area contributed by atoms with Crippen LogP contribution in [0.15, 0.2) is 73.1 Å². The summed E-state index contributed by atoms with van der Waals surface area (Å²) in [4.78, 5) is 15.5. The monoisotopic (exact) mass is 407 g/mol. The molecule has 0 radical (unpaired) electrons. The van der Waals surface area contributed by atoms with Crippen LogP contribution in [0.3, 0.4) is 0 Å². The van der Waals surface area contributed by atoms with Crippen molar-refractivity contribution in [3.05, 3.63) is 78.6 Å². The van der Waals surface area contributed by atoms with Crippen molar-refractivity contribution in [3.63, 3.8) is 0 Å². The summed E-state index contributed by atoms with van der Waals surface area (Å²) in [5, 5.41) is 9.15. The number of nitrogens with one attached hydrogen (secondary N) is 1. The van der Waals surface area contributed by atoms with Crippen LogP contribution in [0.4, 0.5) is 5.69 Å². The number of anilines is 1. The highest BCUT2D eigenvalue weighted by Gasteiger charge is 2.12. The number of aromatic carboxylic acids is 1. The van der Waals surface area contributed by atoms with Crippen LogP contribution in [0.2, 0.25) is 0 Å². The maximum Gasteiger partial charge on any atom is 0.335 e. The molecule has 0 unspecified atom stereocenters. The molecule has 1 aromatic heterocycles. The molecule has 4 rings (SSSR count). The van der Waals surface area contributed by atoms with E-state index in [1.54, 1.807) is 24.5 Å². The van der Waals surface area contributed by atoms with Gasteiger partial charge in [0.05, 0.1) is 28.5 Å². The first-order valence-electron chi connectivity index (χ1n) is 8.70. The summed E-state index contributed by atoms with van der Waals surface area (Å²) in [5.41, 5.74) is 4.42. The Morgan fingerprint density at radius 3 is 2.59 bits per heavy atom. The van der Waals surface area contributed by atoms with Gasteiger partial charge in [-0.25, -0.2) is 18.2 Å². The van der Waals surface area contributed by atoms with Crippen LogP contribution >= 0.6 is 0 Å². The Hall–Kier alpha value is -3.65. The Labute approximate surface area is 167 Å². The third-order valence-corrected chi connectivity index (χ3v) is 5.04. The molecule has 4 aromatic rings. The number of hydrogen-bond acceptors (Lipinski definition) is 4. The van der Waals surface area contributed by atoms with Gasteiger partial charge in [0.15, 0.2) is 0 Å². The Balaban J connectivity index is 1.80. The molecule has 146 valence electrons. The normalized spacial score (nSPS) is 11.5. The summed E-state index contributed by atoms with van der Waals surface area (Å²) in [6.07, 6.45) is 2.75. The molecule has 0 saturated heterocycles. The van der Waals surface area contributed by atoms with Gasteiger partial charge in [0.25, 0.3) is 0 Å². The lowest BCUT2D eigenvalue weighted by atomic mass is 10.0. The predicted octanol–water partition coefficient (Wildman–Crippen LogP) is 3.76. The average molecular weight is 407 g/mol. The highest BCUT2D eigenvalue weighted by molar-refractivity contribution is 7.92. The van der Waals surface area contributed by atoms with Crippen molar-refractivity contribution < 1.29 is 18.3 Å². The van der Waals surface area contributed by atoms with Gasteiger partial charge < -0.3 is 5.11 Å². The van der Waals surface area contributed by atoms with E-state index in [0.717, 1.165) is 28.6 Å². The summed E-state index contributed by atoms with van der Waals surface area (Å²) in [5.74, 6) is -1.00. The maximum absolute atomic E-state index is 11.7. The lowest BCUT2D eigenvalue weighted by Gasteiger charge is -2.12. The van der Waals surface area contributed by atoms with Gasteiger partial charge in [-0.3, -0.25) is 9.29 Å². The van der Waals surface area contributed by atoms with Gasteiger partial charge in [0.1, 0.15) is 6.33 Å². The largest absolute Gasteiger partial charge is 0.478 e. The van der Waals surface area contributed by atoms with E-state index < -0.39 is 16.0 Å². The number of fused-ring (bicyclic) bond motifs is 1. The zero-order valence-corrected chi connectivity index (χ0v) is 16.2. The van der Waals surface area contributed by atoms with Gasteiger partial charge in [0.2, 0.25) is 10.0 Å². The van der Waals surface area contributed by atoms with Gasteiger partial charge in [-0.2, -0.15) is 0 Å². The van der Waals surface area contributed by atoms with Crippen molar-refractivity contribution in [2.75, 3.05) is 11.0 Å². The molecular weight excluding hydrogens is 390 g/mol. The number of aromatic nitrogens is 2. The summed E-state index contributed by atoms with van der Waals surface area (Å²) < 4.78 is 27.8. The van der Waals surface area contributed by atoms with Crippen molar-refractivity contribution in [1.29, 1.82) is 0 Å². The number of rotatable bonds is 5. The maximum atomic E-state index is 11.7. The van der Waals surface area contributed by atoms with Crippen LogP contribution in [0.25, 0.3) is 27.8 Å². The molecule has 0 aliphatic carbocycles. The van der Waals surface area contributed by atoms with Gasteiger partial charge in [-0.15, -0.1) is 0 Å². The first kappa shape index (κ1) is 18.7. The summed E-state index contributed by atoms with van der Waals surface area (Å²) in [7, 11) is -3.41. The summed E-state index contributed by atoms with van der Waals surface area (Å²) in [6, 6.07) is 19.6. The number of carboxylic acids is 1. The molecule has 0 atom stereocenters.